The molecule has 0 spiro atoms. The molecule has 0 radical (unpaired) electrons. The zero-order valence-corrected chi connectivity index (χ0v) is 12.0. The Kier molecular flexibility index (Phi) is 5.34. The molecule has 20 heavy (non-hydrogen) atoms. The summed E-state index contributed by atoms with van der Waals surface area (Å²) in [5.74, 6) is 0. The van der Waals surface area contributed by atoms with Crippen LogP contribution in [0, 0.1) is 10.1 Å². The highest BCUT2D eigenvalue weighted by Crippen LogP contribution is 2.23. The van der Waals surface area contributed by atoms with Crippen molar-refractivity contribution in [3.8, 4) is 0 Å². The summed E-state index contributed by atoms with van der Waals surface area (Å²) < 4.78 is 0. The van der Waals surface area contributed by atoms with Gasteiger partial charge in [0.05, 0.1) is 16.0 Å². The van der Waals surface area contributed by atoms with Crippen molar-refractivity contribution >= 4 is 17.3 Å². The molecule has 2 N–H and O–H groups in total. The van der Waals surface area contributed by atoms with Crippen molar-refractivity contribution in [2.75, 3.05) is 0 Å². The van der Waals surface area contributed by atoms with Crippen molar-refractivity contribution in [1.82, 2.24) is 5.32 Å². The number of halogens is 1. The molecule has 2 rings (SSSR count). The summed E-state index contributed by atoms with van der Waals surface area (Å²) >= 11 is 6.05. The molecule has 0 saturated heterocycles. The van der Waals surface area contributed by atoms with E-state index in [4.69, 9.17) is 11.6 Å². The van der Waals surface area contributed by atoms with Crippen LogP contribution in [-0.4, -0.2) is 22.2 Å². The molecule has 0 amide bonds. The van der Waals surface area contributed by atoms with Gasteiger partial charge < -0.3 is 10.4 Å². The summed E-state index contributed by atoms with van der Waals surface area (Å²) in [4.78, 5) is 10.2. The summed E-state index contributed by atoms with van der Waals surface area (Å²) in [5, 5.41) is 24.4. The van der Waals surface area contributed by atoms with Gasteiger partial charge in [-0.1, -0.05) is 30.9 Å². The van der Waals surface area contributed by atoms with Gasteiger partial charge in [-0.15, -0.1) is 0 Å². The Bertz CT molecular complexity index is 481. The average molecular weight is 299 g/mol. The van der Waals surface area contributed by atoms with Gasteiger partial charge in [0.1, 0.15) is 0 Å². The molecule has 6 heteroatoms. The number of nitrogens with one attached hydrogen (secondary N) is 1. The van der Waals surface area contributed by atoms with E-state index in [1.807, 2.05) is 0 Å². The van der Waals surface area contributed by atoms with Gasteiger partial charge in [-0.2, -0.15) is 0 Å². The first-order valence-electron chi connectivity index (χ1n) is 6.92. The molecule has 1 aromatic rings. The van der Waals surface area contributed by atoms with Crippen LogP contribution >= 0.6 is 11.6 Å². The van der Waals surface area contributed by atoms with Crippen LogP contribution in [0.3, 0.4) is 0 Å². The molecular weight excluding hydrogens is 280 g/mol. The Morgan fingerprint density at radius 3 is 2.80 bits per heavy atom. The van der Waals surface area contributed by atoms with E-state index in [0.29, 0.717) is 11.6 Å². The monoisotopic (exact) mass is 298 g/mol. The lowest BCUT2D eigenvalue weighted by molar-refractivity contribution is -0.384. The van der Waals surface area contributed by atoms with E-state index in [1.165, 1.54) is 12.1 Å². The molecule has 0 bridgehead atoms. The molecule has 0 aromatic heterocycles. The van der Waals surface area contributed by atoms with Crippen molar-refractivity contribution in [3.05, 3.63) is 38.9 Å². The van der Waals surface area contributed by atoms with E-state index >= 15 is 0 Å². The van der Waals surface area contributed by atoms with E-state index in [0.717, 1.165) is 37.7 Å². The third-order valence-electron chi connectivity index (χ3n) is 3.78. The number of hydrogen-bond donors (Lipinski definition) is 2. The number of benzene rings is 1. The lowest BCUT2D eigenvalue weighted by Gasteiger charge is -2.22. The zero-order valence-electron chi connectivity index (χ0n) is 11.2. The van der Waals surface area contributed by atoms with E-state index in [-0.39, 0.29) is 17.8 Å². The van der Waals surface area contributed by atoms with Crippen molar-refractivity contribution in [3.63, 3.8) is 0 Å². The van der Waals surface area contributed by atoms with Crippen molar-refractivity contribution in [1.29, 1.82) is 0 Å². The van der Waals surface area contributed by atoms with Crippen LogP contribution in [0.1, 0.15) is 37.7 Å². The minimum absolute atomic E-state index is 0.00625. The molecular formula is C14H19ClN2O3. The van der Waals surface area contributed by atoms with Crippen molar-refractivity contribution in [2.45, 2.75) is 50.8 Å². The lowest BCUT2D eigenvalue weighted by Crippen LogP contribution is -2.38. The number of aliphatic hydroxyl groups excluding tert-OH is 1. The maximum atomic E-state index is 10.6. The third-order valence-corrected chi connectivity index (χ3v) is 4.13. The Morgan fingerprint density at radius 2 is 2.10 bits per heavy atom. The molecule has 1 aliphatic carbocycles. The summed E-state index contributed by atoms with van der Waals surface area (Å²) in [6.45, 7) is 0.512. The van der Waals surface area contributed by atoms with Crippen LogP contribution in [0.2, 0.25) is 5.02 Å². The summed E-state index contributed by atoms with van der Waals surface area (Å²) in [6.07, 6.45) is 4.79. The third kappa shape index (κ3) is 3.91. The van der Waals surface area contributed by atoms with Gasteiger partial charge in [-0.05, 0) is 24.5 Å². The van der Waals surface area contributed by atoms with E-state index in [2.05, 4.69) is 5.32 Å². The molecule has 5 nitrogen and oxygen atoms in total. The minimum Gasteiger partial charge on any atom is -0.392 e. The highest BCUT2D eigenvalue weighted by molar-refractivity contribution is 6.31. The lowest BCUT2D eigenvalue weighted by atomic mass is 10.1. The molecule has 1 aliphatic rings. The van der Waals surface area contributed by atoms with Crippen LogP contribution in [-0.2, 0) is 6.54 Å². The normalized spacial score (nSPS) is 23.3. The number of nitro benzene ring substituents is 1. The molecule has 1 aromatic carbocycles. The van der Waals surface area contributed by atoms with Gasteiger partial charge in [-0.25, -0.2) is 0 Å². The number of nitro groups is 1. The van der Waals surface area contributed by atoms with E-state index in [9.17, 15) is 15.2 Å². The van der Waals surface area contributed by atoms with Gasteiger partial charge in [0.2, 0.25) is 0 Å². The van der Waals surface area contributed by atoms with Crippen molar-refractivity contribution in [2.24, 2.45) is 0 Å². The predicted molar refractivity (Wildman–Crippen MR) is 77.8 cm³/mol. The first-order chi connectivity index (χ1) is 9.58. The minimum atomic E-state index is -0.460. The van der Waals surface area contributed by atoms with E-state index in [1.54, 1.807) is 6.07 Å². The Balaban J connectivity index is 1.97. The van der Waals surface area contributed by atoms with Gasteiger partial charge in [-0.3, -0.25) is 10.1 Å². The fraction of sp³-hybridized carbons (Fsp3) is 0.571. The average Bonchev–Trinajstić information content (AvgIpc) is 2.62. The van der Waals surface area contributed by atoms with Crippen molar-refractivity contribution < 1.29 is 10.0 Å². The molecule has 2 unspecified atom stereocenters. The Labute approximate surface area is 123 Å². The van der Waals surface area contributed by atoms with Gasteiger partial charge in [0.15, 0.2) is 0 Å². The van der Waals surface area contributed by atoms with Crippen LogP contribution in [0.5, 0.6) is 0 Å². The first-order valence-corrected chi connectivity index (χ1v) is 7.30. The number of hydrogen-bond acceptors (Lipinski definition) is 4. The predicted octanol–water partition coefficient (Wildman–Crippen LogP) is 3.03. The fourth-order valence-electron chi connectivity index (χ4n) is 2.56. The van der Waals surface area contributed by atoms with Crippen LogP contribution in [0.4, 0.5) is 5.69 Å². The highest BCUT2D eigenvalue weighted by atomic mass is 35.5. The molecule has 2 atom stereocenters. The second-order valence-electron chi connectivity index (χ2n) is 5.23. The quantitative estimate of drug-likeness (QED) is 0.509. The molecule has 110 valence electrons. The van der Waals surface area contributed by atoms with Gasteiger partial charge in [0.25, 0.3) is 5.69 Å². The highest BCUT2D eigenvalue weighted by Gasteiger charge is 2.21. The molecule has 0 heterocycles. The fourth-order valence-corrected chi connectivity index (χ4v) is 2.80. The van der Waals surface area contributed by atoms with Crippen LogP contribution in [0.25, 0.3) is 0 Å². The number of rotatable bonds is 4. The number of aliphatic hydroxyl groups is 1. The van der Waals surface area contributed by atoms with E-state index < -0.39 is 4.92 Å². The standard InChI is InChI=1S/C14H19ClN2O3/c15-12-8-11(17(19)20)7-6-10(12)9-16-13-4-2-1-3-5-14(13)18/h6-8,13-14,16,18H,1-5,9H2. The summed E-state index contributed by atoms with van der Waals surface area (Å²) in [6, 6.07) is 4.55. The summed E-state index contributed by atoms with van der Waals surface area (Å²) in [5.41, 5.74) is 0.807. The molecule has 1 fully saturated rings. The Morgan fingerprint density at radius 1 is 1.35 bits per heavy atom. The molecule has 1 saturated carbocycles. The smallest absolute Gasteiger partial charge is 0.270 e. The zero-order chi connectivity index (χ0) is 14.5. The maximum Gasteiger partial charge on any atom is 0.270 e. The first kappa shape index (κ1) is 15.2. The second kappa shape index (κ2) is 7.02. The van der Waals surface area contributed by atoms with Gasteiger partial charge >= 0.3 is 0 Å². The molecule has 0 aliphatic heterocycles. The number of non-ortho nitro benzene ring substituents is 1. The maximum absolute atomic E-state index is 10.6. The topological polar surface area (TPSA) is 75.4 Å². The van der Waals surface area contributed by atoms with Crippen LogP contribution < -0.4 is 5.32 Å². The largest absolute Gasteiger partial charge is 0.392 e. The Hall–Kier alpha value is -1.17. The summed E-state index contributed by atoms with van der Waals surface area (Å²) in [7, 11) is 0. The van der Waals surface area contributed by atoms with Crippen LogP contribution in [0.15, 0.2) is 18.2 Å². The second-order valence-corrected chi connectivity index (χ2v) is 5.63. The number of nitrogens with zero attached hydrogens (tertiary/aromatic N) is 1. The SMILES string of the molecule is O=[N+]([O-])c1ccc(CNC2CCCCCC2O)c(Cl)c1. The van der Waals surface area contributed by atoms with Gasteiger partial charge in [0, 0.05) is 24.7 Å².